The number of ether oxygens (including phenoxy) is 13. The zero-order chi connectivity index (χ0) is 52.6. The Morgan fingerprint density at radius 1 is 0.347 bits per heavy atom. The fourth-order valence-corrected chi connectivity index (χ4v) is 9.43. The van der Waals surface area contributed by atoms with Gasteiger partial charge in [0.25, 0.3) is 0 Å². The summed E-state index contributed by atoms with van der Waals surface area (Å²) in [6.07, 6.45) is -59.0. The Balaban J connectivity index is 1.22. The summed E-state index contributed by atoms with van der Waals surface area (Å²) in [7, 11) is 0. The standard InChI is InChI=1S/C40H66O32/c1-9(34(58)59)8-60-33-26(57)40-66-15(7-46)32(33)72-39-25(56)20(51)30(13(5-44)65-39)70-37-23(54)18(49)28(11(3-42)63-37)68-35-21(52)16(47)27(10(2-41)61-35)67-36-22(53)17(48)29(12(4-43)62-36)69-38-24(55)19(50)31(71-40)14(6-45)64-38/h9-33,35-57H,2-8H2,1H3,(H,58,59)/t9?,10-,11-,12-,13-,14-,15-,16-,17-,18-,19-,20-,21-,22-,23-,24-,25-,26-,27-,28-,29-,30-,31-,32+,33-,35-,36-,37-,38-,39-,40-/m1/s1. The highest BCUT2D eigenvalue weighted by Gasteiger charge is 2.59. The van der Waals surface area contributed by atoms with E-state index >= 15 is 0 Å². The number of carboxylic acids is 1. The second kappa shape index (κ2) is 24.7. The molecule has 0 aromatic rings. The van der Waals surface area contributed by atoms with Crippen LogP contribution >= 0.6 is 0 Å². The Bertz CT molecular complexity index is 1690. The lowest BCUT2D eigenvalue weighted by Crippen LogP contribution is -2.69. The van der Waals surface area contributed by atoms with Crippen LogP contribution in [-0.4, -0.2) is 328 Å². The zero-order valence-electron chi connectivity index (χ0n) is 38.1. The van der Waals surface area contributed by atoms with Crippen LogP contribution in [0.3, 0.4) is 0 Å². The third kappa shape index (κ3) is 11.6. The monoisotopic (exact) mass is 1060 g/mol. The molecule has 72 heavy (non-hydrogen) atoms. The largest absolute Gasteiger partial charge is 0.481 e. The van der Waals surface area contributed by atoms with Crippen LogP contribution in [0.15, 0.2) is 0 Å². The van der Waals surface area contributed by atoms with Crippen LogP contribution in [0.25, 0.3) is 0 Å². The number of aliphatic hydroxyl groups is 17. The third-order valence-corrected chi connectivity index (χ3v) is 13.6. The molecule has 22 saturated heterocycles. The summed E-state index contributed by atoms with van der Waals surface area (Å²) in [5.74, 6) is -2.62. The van der Waals surface area contributed by atoms with Gasteiger partial charge >= 0.3 is 5.97 Å². The van der Waals surface area contributed by atoms with Crippen molar-refractivity contribution in [2.45, 2.75) is 191 Å². The molecule has 22 rings (SSSR count). The summed E-state index contributed by atoms with van der Waals surface area (Å²) in [5.41, 5.74) is 0. The molecule has 12 bridgehead atoms. The van der Waals surface area contributed by atoms with Crippen LogP contribution in [0.1, 0.15) is 6.92 Å². The van der Waals surface area contributed by atoms with Crippen molar-refractivity contribution in [3.8, 4) is 0 Å². The van der Waals surface area contributed by atoms with Gasteiger partial charge in [0.1, 0.15) is 146 Å². The van der Waals surface area contributed by atoms with Crippen LogP contribution in [0.4, 0.5) is 0 Å². The van der Waals surface area contributed by atoms with E-state index in [1.54, 1.807) is 0 Å². The van der Waals surface area contributed by atoms with Crippen LogP contribution in [0.2, 0.25) is 0 Å². The van der Waals surface area contributed by atoms with Crippen LogP contribution in [0, 0.1) is 5.92 Å². The van der Waals surface area contributed by atoms with Crippen molar-refractivity contribution in [1.82, 2.24) is 0 Å². The van der Waals surface area contributed by atoms with Crippen molar-refractivity contribution in [1.29, 1.82) is 0 Å². The Hall–Kier alpha value is -1.73. The van der Waals surface area contributed by atoms with E-state index in [4.69, 9.17) is 61.6 Å². The summed E-state index contributed by atoms with van der Waals surface area (Å²) >= 11 is 0. The molecule has 22 fully saturated rings. The number of hydrogen-bond acceptors (Lipinski definition) is 31. The van der Waals surface area contributed by atoms with Crippen LogP contribution in [0.5, 0.6) is 0 Å². The molecule has 32 heteroatoms. The van der Waals surface area contributed by atoms with Gasteiger partial charge in [0, 0.05) is 0 Å². The average molecular weight is 1060 g/mol. The quantitative estimate of drug-likeness (QED) is 0.0966. The number of carbonyl (C=O) groups is 1. The highest BCUT2D eigenvalue weighted by Crippen LogP contribution is 2.38. The third-order valence-electron chi connectivity index (χ3n) is 13.6. The molecule has 0 saturated carbocycles. The van der Waals surface area contributed by atoms with Crippen LogP contribution in [-0.2, 0) is 66.4 Å². The molecule has 0 spiro atoms. The van der Waals surface area contributed by atoms with Gasteiger partial charge in [-0.15, -0.1) is 0 Å². The SMILES string of the molecule is CC(CO[C@@H]1[C@@H](O)[C@H]2O[C@H]3[C@H](O)[C@@H](O)[C@@H](O[C@H]4[C@H](O)[C@@H](O)[C@@H](O[C@H]5[C@H](O)[C@@H](O)[C@@H](O[C@H]6[C@H](O)[C@@H](O)[C@@H](O[C@H]7[C@H](O)[C@@H](O)[C@@H](O[C@H]1[C@@H](CO)O2)O[C@@H]7CO)O[C@@H]6CO)O[C@@H]5CO)O[C@@H]4CO)O[C@@H]3CO)C(=O)O. The van der Waals surface area contributed by atoms with Crippen molar-refractivity contribution in [2.24, 2.45) is 5.92 Å². The zero-order valence-corrected chi connectivity index (χ0v) is 38.1. The maximum Gasteiger partial charge on any atom is 0.308 e. The van der Waals surface area contributed by atoms with E-state index in [0.717, 1.165) is 0 Å². The minimum atomic E-state index is -2.20. The lowest BCUT2D eigenvalue weighted by atomic mass is 9.94. The van der Waals surface area contributed by atoms with E-state index < -0.39 is 242 Å². The molecule has 1 unspecified atom stereocenters. The first-order valence-electron chi connectivity index (χ1n) is 23.1. The number of carboxylic acid groups (broad SMARTS) is 1. The first-order chi connectivity index (χ1) is 34.2. The van der Waals surface area contributed by atoms with Gasteiger partial charge in [-0.05, 0) is 6.92 Å². The van der Waals surface area contributed by atoms with Gasteiger partial charge in [-0.25, -0.2) is 0 Å². The Kier molecular flexibility index (Phi) is 19.9. The topological polar surface area (TPSA) is 501 Å². The molecule has 31 atom stereocenters. The van der Waals surface area contributed by atoms with E-state index in [-0.39, 0.29) is 0 Å². The molecule has 22 aliphatic heterocycles. The molecule has 418 valence electrons. The number of hydrogen-bond donors (Lipinski definition) is 18. The fourth-order valence-electron chi connectivity index (χ4n) is 9.43. The highest BCUT2D eigenvalue weighted by atomic mass is 16.8. The van der Waals surface area contributed by atoms with Crippen molar-refractivity contribution < 1.29 is 158 Å². The van der Waals surface area contributed by atoms with E-state index in [1.165, 1.54) is 6.92 Å². The Morgan fingerprint density at radius 2 is 0.556 bits per heavy atom. The molecule has 0 radical (unpaired) electrons. The summed E-state index contributed by atoms with van der Waals surface area (Å²) in [5, 5.41) is 197. The van der Waals surface area contributed by atoms with E-state index in [2.05, 4.69) is 0 Å². The summed E-state index contributed by atoms with van der Waals surface area (Å²) in [6.45, 7) is -5.58. The van der Waals surface area contributed by atoms with Gasteiger partial charge in [0.05, 0.1) is 52.2 Å². The molecule has 18 N–H and O–H groups in total. The van der Waals surface area contributed by atoms with Gasteiger partial charge in [-0.1, -0.05) is 0 Å². The van der Waals surface area contributed by atoms with Gasteiger partial charge in [0.15, 0.2) is 37.7 Å². The maximum absolute atomic E-state index is 11.8. The molecule has 0 aromatic heterocycles. The van der Waals surface area contributed by atoms with Gasteiger partial charge < -0.3 is 153 Å². The predicted molar refractivity (Wildman–Crippen MR) is 216 cm³/mol. The van der Waals surface area contributed by atoms with Gasteiger partial charge in [0.2, 0.25) is 0 Å². The predicted octanol–water partition coefficient (Wildman–Crippen LogP) is -12.3. The minimum Gasteiger partial charge on any atom is -0.481 e. The first kappa shape index (κ1) is 58.0. The van der Waals surface area contributed by atoms with E-state index in [9.17, 15) is 96.7 Å². The molecule has 32 nitrogen and oxygen atoms in total. The highest BCUT2D eigenvalue weighted by molar-refractivity contribution is 5.69. The van der Waals surface area contributed by atoms with Crippen molar-refractivity contribution in [3.05, 3.63) is 0 Å². The van der Waals surface area contributed by atoms with E-state index in [1.807, 2.05) is 0 Å². The number of aliphatic carboxylic acids is 1. The van der Waals surface area contributed by atoms with Gasteiger partial charge in [-0.2, -0.15) is 0 Å². The van der Waals surface area contributed by atoms with Gasteiger partial charge in [-0.3, -0.25) is 4.79 Å². The van der Waals surface area contributed by atoms with Crippen molar-refractivity contribution in [2.75, 3.05) is 46.2 Å². The second-order valence-electron chi connectivity index (χ2n) is 18.4. The number of rotatable bonds is 10. The van der Waals surface area contributed by atoms with Crippen LogP contribution < -0.4 is 0 Å². The molecule has 22 heterocycles. The van der Waals surface area contributed by atoms with Crippen molar-refractivity contribution >= 4 is 5.97 Å². The van der Waals surface area contributed by atoms with Crippen molar-refractivity contribution in [3.63, 3.8) is 0 Å². The summed E-state index contributed by atoms with van der Waals surface area (Å²) in [4.78, 5) is 11.8. The second-order valence-corrected chi connectivity index (χ2v) is 18.4. The maximum atomic E-state index is 11.8. The Morgan fingerprint density at radius 3 is 0.778 bits per heavy atom. The van der Waals surface area contributed by atoms with E-state index in [0.29, 0.717) is 0 Å². The molecular formula is C40H66O32. The normalized spacial score (nSPS) is 52.1. The lowest BCUT2D eigenvalue weighted by Gasteiger charge is -2.51. The molecule has 0 amide bonds. The molecule has 0 aliphatic carbocycles. The lowest BCUT2D eigenvalue weighted by molar-refractivity contribution is -0.405. The minimum absolute atomic E-state index is 0.663. The molecular weight excluding hydrogens is 992 g/mol. The summed E-state index contributed by atoms with van der Waals surface area (Å²) in [6, 6.07) is 0. The molecule has 0 aromatic carbocycles. The Labute approximate surface area is 407 Å². The first-order valence-corrected chi connectivity index (χ1v) is 23.1. The fraction of sp³-hybridized carbons (Fsp3) is 0.975. The summed E-state index contributed by atoms with van der Waals surface area (Å²) < 4.78 is 74.7. The smallest absolute Gasteiger partial charge is 0.308 e. The average Bonchev–Trinajstić information content (AvgIpc) is 3.36. The number of aliphatic hydroxyl groups excluding tert-OH is 17. The molecule has 22 aliphatic rings.